The maximum Gasteiger partial charge on any atom is 0.331 e. The van der Waals surface area contributed by atoms with Crippen LogP contribution in [0.15, 0.2) is 87.1 Å². The number of aromatic nitrogens is 1. The number of pyridine rings is 1. The number of carboxylic acid groups (broad SMARTS) is 1. The van der Waals surface area contributed by atoms with Gasteiger partial charge in [-0.1, -0.05) is 70.5 Å². The van der Waals surface area contributed by atoms with Crippen molar-refractivity contribution in [3.05, 3.63) is 110 Å². The van der Waals surface area contributed by atoms with Gasteiger partial charge in [0.2, 0.25) is 0 Å². The molecule has 2 aliphatic carbocycles. The van der Waals surface area contributed by atoms with Crippen molar-refractivity contribution in [2.24, 2.45) is 0 Å². The Bertz CT molecular complexity index is 1620. The van der Waals surface area contributed by atoms with E-state index in [1.54, 1.807) is 22.4 Å². The molecule has 2 unspecified atom stereocenters. The molecule has 1 aromatic heterocycles. The maximum absolute atomic E-state index is 13.7. The van der Waals surface area contributed by atoms with Gasteiger partial charge in [-0.25, -0.2) is 4.79 Å². The molecule has 0 saturated heterocycles. The lowest BCUT2D eigenvalue weighted by atomic mass is 9.64. The van der Waals surface area contributed by atoms with Gasteiger partial charge in [-0.2, -0.15) is 0 Å². The average molecular weight is 558 g/mol. The fraction of sp³-hybridized carbons (Fsp3) is 0.267. The topological polar surface area (TPSA) is 59.3 Å². The number of thioether (sulfide) groups is 1. The number of rotatable bonds is 5. The predicted molar refractivity (Wildman–Crippen MR) is 146 cm³/mol. The van der Waals surface area contributed by atoms with E-state index in [-0.39, 0.29) is 16.7 Å². The fourth-order valence-electron chi connectivity index (χ4n) is 6.33. The molecule has 36 heavy (non-hydrogen) atoms. The van der Waals surface area contributed by atoms with E-state index in [0.717, 1.165) is 33.5 Å². The van der Waals surface area contributed by atoms with Crippen LogP contribution in [0.3, 0.4) is 0 Å². The van der Waals surface area contributed by atoms with Crippen molar-refractivity contribution in [1.29, 1.82) is 0 Å². The molecule has 7 rings (SSSR count). The molecule has 0 amide bonds. The van der Waals surface area contributed by atoms with Gasteiger partial charge in [0.05, 0.1) is 10.3 Å². The van der Waals surface area contributed by atoms with Crippen LogP contribution in [-0.4, -0.2) is 20.9 Å². The average Bonchev–Trinajstić information content (AvgIpc) is 3.64. The molecule has 3 aromatic carbocycles. The van der Waals surface area contributed by atoms with E-state index in [2.05, 4.69) is 64.5 Å². The minimum absolute atomic E-state index is 0.0940. The van der Waals surface area contributed by atoms with E-state index in [4.69, 9.17) is 0 Å². The van der Waals surface area contributed by atoms with Crippen molar-refractivity contribution in [1.82, 2.24) is 4.57 Å². The largest absolute Gasteiger partial charge is 0.479 e. The summed E-state index contributed by atoms with van der Waals surface area (Å²) in [4.78, 5) is 26.4. The molecule has 1 N–H and O–H groups in total. The van der Waals surface area contributed by atoms with Crippen LogP contribution in [-0.2, 0) is 16.8 Å². The highest BCUT2D eigenvalue weighted by molar-refractivity contribution is 9.10. The van der Waals surface area contributed by atoms with Gasteiger partial charge in [-0.3, -0.25) is 9.36 Å². The van der Waals surface area contributed by atoms with Crippen molar-refractivity contribution in [3.8, 4) is 0 Å². The van der Waals surface area contributed by atoms with E-state index < -0.39 is 11.5 Å². The summed E-state index contributed by atoms with van der Waals surface area (Å²) in [7, 11) is 0. The number of hydrogen-bond donors (Lipinski definition) is 1. The normalized spacial score (nSPS) is 24.2. The summed E-state index contributed by atoms with van der Waals surface area (Å²) in [6.45, 7) is 0. The Labute approximate surface area is 221 Å². The third kappa shape index (κ3) is 3.20. The van der Waals surface area contributed by atoms with E-state index in [0.29, 0.717) is 18.8 Å². The Morgan fingerprint density at radius 1 is 1.03 bits per heavy atom. The molecule has 2 saturated carbocycles. The van der Waals surface area contributed by atoms with Gasteiger partial charge in [0.1, 0.15) is 0 Å². The second kappa shape index (κ2) is 8.09. The molecule has 0 bridgehead atoms. The van der Waals surface area contributed by atoms with Crippen molar-refractivity contribution >= 4 is 44.4 Å². The van der Waals surface area contributed by atoms with Crippen molar-refractivity contribution in [2.45, 2.75) is 53.3 Å². The first-order chi connectivity index (χ1) is 17.5. The molecule has 6 heteroatoms. The summed E-state index contributed by atoms with van der Waals surface area (Å²) in [5.74, 6) is -0.399. The molecule has 2 fully saturated rings. The van der Waals surface area contributed by atoms with Crippen LogP contribution in [0.5, 0.6) is 0 Å². The summed E-state index contributed by atoms with van der Waals surface area (Å²) in [5, 5.41) is 13.6. The second-order valence-electron chi connectivity index (χ2n) is 10.3. The highest BCUT2D eigenvalue weighted by Crippen LogP contribution is 2.64. The lowest BCUT2D eigenvalue weighted by Crippen LogP contribution is -2.61. The molecule has 0 radical (unpaired) electrons. The van der Waals surface area contributed by atoms with E-state index in [9.17, 15) is 14.7 Å². The zero-order chi connectivity index (χ0) is 24.6. The van der Waals surface area contributed by atoms with Gasteiger partial charge in [-0.15, -0.1) is 11.8 Å². The van der Waals surface area contributed by atoms with Crippen LogP contribution in [0.25, 0.3) is 10.8 Å². The Kier molecular flexibility index (Phi) is 5.03. The quantitative estimate of drug-likeness (QED) is 0.297. The molecule has 0 spiro atoms. The molecule has 3 atom stereocenters. The van der Waals surface area contributed by atoms with Crippen LogP contribution in [0.1, 0.15) is 53.4 Å². The summed E-state index contributed by atoms with van der Waals surface area (Å²) in [6, 6.07) is 24.6. The Balaban J connectivity index is 1.36. The zero-order valence-electron chi connectivity index (χ0n) is 19.5. The first-order valence-corrected chi connectivity index (χ1v) is 14.1. The van der Waals surface area contributed by atoms with Crippen LogP contribution < -0.4 is 5.56 Å². The van der Waals surface area contributed by atoms with Gasteiger partial charge in [0.15, 0.2) is 5.54 Å². The van der Waals surface area contributed by atoms with Crippen molar-refractivity contribution in [3.63, 3.8) is 0 Å². The van der Waals surface area contributed by atoms with Gasteiger partial charge in [0.25, 0.3) is 5.56 Å². The maximum atomic E-state index is 13.7. The minimum atomic E-state index is -1.17. The molecule has 4 nitrogen and oxygen atoms in total. The van der Waals surface area contributed by atoms with Gasteiger partial charge in [0, 0.05) is 16.5 Å². The second-order valence-corrected chi connectivity index (χ2v) is 12.3. The lowest BCUT2D eigenvalue weighted by molar-refractivity contribution is -0.153. The Morgan fingerprint density at radius 2 is 1.81 bits per heavy atom. The SMILES string of the molecule is O=C(O)C12C[C@@H](c3cccc(Br)c3)C1Sc1c(C3CC3)c(Cc3cccc4ccccc34)cc(=O)n12. The fourth-order valence-corrected chi connectivity index (χ4v) is 8.69. The molecular weight excluding hydrogens is 534 g/mol. The first-order valence-electron chi connectivity index (χ1n) is 12.4. The summed E-state index contributed by atoms with van der Waals surface area (Å²) in [6.07, 6.45) is 3.30. The van der Waals surface area contributed by atoms with E-state index in [1.165, 1.54) is 21.9 Å². The molecular formula is C30H24BrNO3S. The van der Waals surface area contributed by atoms with Crippen LogP contribution in [0.4, 0.5) is 0 Å². The number of halogens is 1. The van der Waals surface area contributed by atoms with Crippen molar-refractivity contribution in [2.75, 3.05) is 0 Å². The van der Waals surface area contributed by atoms with E-state index >= 15 is 0 Å². The number of hydrogen-bond acceptors (Lipinski definition) is 3. The number of nitrogens with zero attached hydrogens (tertiary/aromatic N) is 1. The van der Waals surface area contributed by atoms with Crippen molar-refractivity contribution < 1.29 is 9.90 Å². The standard InChI is InChI=1S/C30H24BrNO3S/c31-22-9-4-8-20(14-22)24-16-30(29(34)35)27(24)36-28-26(18-11-12-18)21(15-25(33)32(28)30)13-19-7-3-6-17-5-1-2-10-23(17)19/h1-10,14-15,18,24,27H,11-13,16H2,(H,34,35)/t24-,27?,30?/m0/s1. The predicted octanol–water partition coefficient (Wildman–Crippen LogP) is 6.67. The smallest absolute Gasteiger partial charge is 0.331 e. The molecule has 1 aliphatic heterocycles. The molecule has 4 aromatic rings. The summed E-state index contributed by atoms with van der Waals surface area (Å²) >= 11 is 5.18. The minimum Gasteiger partial charge on any atom is -0.479 e. The van der Waals surface area contributed by atoms with Crippen LogP contribution in [0, 0.1) is 0 Å². The monoisotopic (exact) mass is 557 g/mol. The summed E-state index contributed by atoms with van der Waals surface area (Å²) in [5.41, 5.74) is 3.23. The van der Waals surface area contributed by atoms with Crippen LogP contribution >= 0.6 is 27.7 Å². The Morgan fingerprint density at radius 3 is 2.58 bits per heavy atom. The van der Waals surface area contributed by atoms with Crippen LogP contribution in [0.2, 0.25) is 0 Å². The summed E-state index contributed by atoms with van der Waals surface area (Å²) < 4.78 is 2.64. The molecule has 3 aliphatic rings. The van der Waals surface area contributed by atoms with Gasteiger partial charge < -0.3 is 5.11 Å². The lowest BCUT2D eigenvalue weighted by Gasteiger charge is -2.48. The third-order valence-corrected chi connectivity index (χ3v) is 10.3. The number of carbonyl (C=O) groups is 1. The third-order valence-electron chi connectivity index (χ3n) is 8.20. The number of aliphatic carboxylic acids is 1. The zero-order valence-corrected chi connectivity index (χ0v) is 21.9. The van der Waals surface area contributed by atoms with E-state index in [1.807, 2.05) is 18.2 Å². The highest BCUT2D eigenvalue weighted by atomic mass is 79.9. The first kappa shape index (κ1) is 22.4. The number of fused-ring (bicyclic) bond motifs is 4. The number of carboxylic acids is 1. The number of benzene rings is 3. The Hall–Kier alpha value is -2.83. The highest BCUT2D eigenvalue weighted by Gasteiger charge is 2.66. The molecule has 180 valence electrons. The molecule has 2 heterocycles. The van der Waals surface area contributed by atoms with Gasteiger partial charge >= 0.3 is 5.97 Å². The van der Waals surface area contributed by atoms with Gasteiger partial charge in [-0.05, 0) is 76.8 Å².